The molecule has 16 N–H and O–H groups in total. The molecule has 30 heteroatoms. The number of ether oxygens (including phenoxy) is 6. The molecule has 0 radical (unpaired) electrons. The molecule has 0 fully saturated rings. The molecule has 0 bridgehead atoms. The Morgan fingerprint density at radius 2 is 0.671 bits per heavy atom. The van der Waals surface area contributed by atoms with Crippen molar-refractivity contribution < 1.29 is 53.7 Å². The number of methoxy groups -OCH3 is 3. The third-order valence-corrected chi connectivity index (χ3v) is 12.9. The first-order valence-electron chi connectivity index (χ1n) is 20.7. The number of anilines is 6. The Balaban J connectivity index is 0.000000287. The van der Waals surface area contributed by atoms with Crippen LogP contribution in [0.2, 0.25) is 0 Å². The summed E-state index contributed by atoms with van der Waals surface area (Å²) >= 11 is 0. The van der Waals surface area contributed by atoms with Crippen molar-refractivity contribution in [3.8, 4) is 51.7 Å². The SMILES string of the molecule is C.COc1cc(C(C)C)c(Oc2cnc(N)nc2N)cc1S(=O)(=O)Cl.COc1cc(C(C)C)c(Oc2cnc(N)nc2N)cc1S(N)(=O)=O.COc1cc(C(C)C)c(Oc2cnc(N)nc2N)cc1S(N)(=O)=O. The standard InChI is InChI=1S/C14H17ClN4O4S.2C14H19N5O4S.CH4/c1-7(2)8-4-10(22-3)12(24(15,20)21)5-9(8)23-11-6-18-14(17)19-13(11)16;2*1-7(2)8-4-10(22-3)12(24(17,20)21)5-9(8)23-11-6-18-14(16)19-13(11)15;/h4-7H,1-3H3,(H4,16,17,18,19);2*4-7H,1-3H3,(H2,17,20,21)(H4,15,16,18,19);1H4. The highest BCUT2D eigenvalue weighted by molar-refractivity contribution is 8.13. The van der Waals surface area contributed by atoms with Gasteiger partial charge in [-0.25, -0.2) is 50.5 Å². The maximum Gasteiger partial charge on any atom is 0.265 e. The Hall–Kier alpha value is -7.44. The molecule has 0 unspecified atom stereocenters. The van der Waals surface area contributed by atoms with Crippen LogP contribution in [-0.4, -0.2) is 76.5 Å². The van der Waals surface area contributed by atoms with E-state index in [0.29, 0.717) is 16.7 Å². The molecule has 0 amide bonds. The summed E-state index contributed by atoms with van der Waals surface area (Å²) in [6, 6.07) is 8.55. The summed E-state index contributed by atoms with van der Waals surface area (Å²) in [6.07, 6.45) is 3.92. The Bertz CT molecular complexity index is 2950. The highest BCUT2D eigenvalue weighted by Crippen LogP contribution is 2.42. The van der Waals surface area contributed by atoms with Crippen molar-refractivity contribution in [1.82, 2.24) is 29.9 Å². The molecule has 0 spiro atoms. The van der Waals surface area contributed by atoms with E-state index in [1.54, 1.807) is 18.2 Å². The van der Waals surface area contributed by atoms with Gasteiger partial charge in [-0.15, -0.1) is 0 Å². The van der Waals surface area contributed by atoms with Crippen molar-refractivity contribution in [2.45, 2.75) is 81.4 Å². The summed E-state index contributed by atoms with van der Waals surface area (Å²) in [4.78, 5) is 22.2. The summed E-state index contributed by atoms with van der Waals surface area (Å²) < 4.78 is 103. The zero-order valence-electron chi connectivity index (χ0n) is 40.2. The van der Waals surface area contributed by atoms with Gasteiger partial charge in [-0.3, -0.25) is 0 Å². The molecule has 0 saturated heterocycles. The molecule has 6 rings (SSSR count). The largest absolute Gasteiger partial charge is 0.495 e. The lowest BCUT2D eigenvalue weighted by atomic mass is 10.0. The van der Waals surface area contributed by atoms with Crippen LogP contribution in [0.25, 0.3) is 0 Å². The van der Waals surface area contributed by atoms with Crippen LogP contribution in [0.4, 0.5) is 35.3 Å². The Morgan fingerprint density at radius 3 is 0.877 bits per heavy atom. The first kappa shape index (κ1) is 59.9. The van der Waals surface area contributed by atoms with Crippen molar-refractivity contribution >= 4 is 75.1 Å². The normalized spacial score (nSPS) is 11.4. The fraction of sp³-hybridized carbons (Fsp3) is 0.302. The minimum Gasteiger partial charge on any atom is -0.495 e. The predicted octanol–water partition coefficient (Wildman–Crippen LogP) is 5.55. The minimum absolute atomic E-state index is 0. The summed E-state index contributed by atoms with van der Waals surface area (Å²) in [6.45, 7) is 11.5. The van der Waals surface area contributed by atoms with E-state index in [1.807, 2.05) is 41.5 Å². The van der Waals surface area contributed by atoms with E-state index in [1.165, 1.54) is 58.1 Å². The van der Waals surface area contributed by atoms with Crippen molar-refractivity contribution in [1.29, 1.82) is 0 Å². The summed E-state index contributed by atoms with van der Waals surface area (Å²) in [5.74, 6) is 1.76. The maximum absolute atomic E-state index is 11.8. The van der Waals surface area contributed by atoms with Crippen LogP contribution in [0.15, 0.2) is 69.7 Å². The van der Waals surface area contributed by atoms with Crippen LogP contribution < -0.4 is 73.1 Å². The van der Waals surface area contributed by atoms with Gasteiger partial charge in [-0.05, 0) is 36.0 Å². The van der Waals surface area contributed by atoms with E-state index < -0.39 is 29.1 Å². The predicted molar refractivity (Wildman–Crippen MR) is 277 cm³/mol. The monoisotopic (exact) mass is 1090 g/mol. The van der Waals surface area contributed by atoms with Crippen LogP contribution in [0, 0.1) is 0 Å². The lowest BCUT2D eigenvalue weighted by molar-refractivity contribution is 0.397. The molecular formula is C43H59ClN14O12S3. The van der Waals surface area contributed by atoms with E-state index in [9.17, 15) is 25.3 Å². The molecule has 3 heterocycles. The Morgan fingerprint density at radius 1 is 0.425 bits per heavy atom. The molecule has 3 aromatic carbocycles. The van der Waals surface area contributed by atoms with E-state index >= 15 is 0 Å². The molecule has 398 valence electrons. The molecule has 73 heavy (non-hydrogen) atoms. The molecule has 0 aliphatic rings. The van der Waals surface area contributed by atoms with Crippen molar-refractivity contribution in [3.05, 3.63) is 71.7 Å². The fourth-order valence-corrected chi connectivity index (χ4v) is 8.57. The number of nitrogens with zero attached hydrogens (tertiary/aromatic N) is 6. The minimum atomic E-state index is -4.03. The van der Waals surface area contributed by atoms with Gasteiger partial charge in [0.25, 0.3) is 9.05 Å². The molecule has 0 aliphatic carbocycles. The average Bonchev–Trinajstić information content (AvgIpc) is 3.28. The second kappa shape index (κ2) is 24.3. The summed E-state index contributed by atoms with van der Waals surface area (Å²) in [7, 11) is -2.50. The zero-order valence-corrected chi connectivity index (χ0v) is 43.4. The molecule has 3 aromatic heterocycles. The first-order chi connectivity index (χ1) is 33.4. The molecule has 0 saturated carbocycles. The van der Waals surface area contributed by atoms with Crippen molar-refractivity contribution in [2.24, 2.45) is 10.3 Å². The topological polar surface area (TPSA) is 443 Å². The number of nitrogens with two attached hydrogens (primary N) is 8. The lowest BCUT2D eigenvalue weighted by Gasteiger charge is -2.17. The third-order valence-electron chi connectivity index (χ3n) is 9.69. The number of nitrogen functional groups attached to an aromatic ring is 6. The molecule has 0 aliphatic heterocycles. The quantitative estimate of drug-likeness (QED) is 0.0584. The molecule has 0 atom stereocenters. The van der Waals surface area contributed by atoms with Gasteiger partial charge in [-0.2, -0.15) is 15.0 Å². The van der Waals surface area contributed by atoms with Gasteiger partial charge >= 0.3 is 0 Å². The second-order valence-electron chi connectivity index (χ2n) is 15.9. The van der Waals surface area contributed by atoms with Gasteiger partial charge in [-0.1, -0.05) is 49.0 Å². The summed E-state index contributed by atoms with van der Waals surface area (Å²) in [5, 5.41) is 10.5. The summed E-state index contributed by atoms with van der Waals surface area (Å²) in [5.41, 5.74) is 35.7. The van der Waals surface area contributed by atoms with E-state index in [0.717, 1.165) is 0 Å². The number of hydrogen-bond donors (Lipinski definition) is 8. The highest BCUT2D eigenvalue weighted by Gasteiger charge is 2.25. The van der Waals surface area contributed by atoms with Crippen LogP contribution in [-0.2, 0) is 29.1 Å². The van der Waals surface area contributed by atoms with Crippen LogP contribution in [0.1, 0.15) is 83.4 Å². The third kappa shape index (κ3) is 15.5. The number of benzene rings is 3. The number of rotatable bonds is 15. The molecule has 26 nitrogen and oxygen atoms in total. The van der Waals surface area contributed by atoms with E-state index in [-0.39, 0.29) is 127 Å². The maximum atomic E-state index is 11.8. The fourth-order valence-electron chi connectivity index (χ4n) is 6.19. The van der Waals surface area contributed by atoms with Gasteiger partial charge < -0.3 is 62.8 Å². The van der Waals surface area contributed by atoms with Crippen molar-refractivity contribution in [2.75, 3.05) is 55.7 Å². The van der Waals surface area contributed by atoms with E-state index in [2.05, 4.69) is 29.9 Å². The van der Waals surface area contributed by atoms with Crippen molar-refractivity contribution in [3.63, 3.8) is 0 Å². The number of primary sulfonamides is 2. The Kier molecular flexibility index (Phi) is 19.9. The van der Waals surface area contributed by atoms with Gasteiger partial charge in [0.05, 0.1) is 39.9 Å². The van der Waals surface area contributed by atoms with E-state index in [4.69, 9.17) is 83.8 Å². The smallest absolute Gasteiger partial charge is 0.265 e. The second-order valence-corrected chi connectivity index (χ2v) is 21.4. The van der Waals surface area contributed by atoms with Crippen LogP contribution in [0.3, 0.4) is 0 Å². The van der Waals surface area contributed by atoms with Gasteiger partial charge in [0, 0.05) is 45.6 Å². The van der Waals surface area contributed by atoms with Crippen LogP contribution in [0.5, 0.6) is 51.7 Å². The zero-order chi connectivity index (χ0) is 54.2. The average molecular weight is 1100 g/mol. The number of hydrogen-bond acceptors (Lipinski definition) is 24. The van der Waals surface area contributed by atoms with Gasteiger partial charge in [0.2, 0.25) is 37.9 Å². The first-order valence-corrected chi connectivity index (χ1v) is 26.1. The lowest BCUT2D eigenvalue weighted by Crippen LogP contribution is -2.14. The highest BCUT2D eigenvalue weighted by atomic mass is 35.7. The van der Waals surface area contributed by atoms with Gasteiger partial charge in [0.1, 0.15) is 49.2 Å². The van der Waals surface area contributed by atoms with Gasteiger partial charge in [0.15, 0.2) is 34.7 Å². The molecular weight excluding hydrogens is 1040 g/mol. The number of halogens is 1. The number of sulfonamides is 2. The van der Waals surface area contributed by atoms with Crippen LogP contribution >= 0.6 is 10.7 Å². The number of aromatic nitrogens is 6. The Labute approximate surface area is 427 Å². The molecule has 6 aromatic rings.